The van der Waals surface area contributed by atoms with Gasteiger partial charge in [-0.05, 0) is 37.3 Å². The lowest BCUT2D eigenvalue weighted by Gasteiger charge is -2.10. The minimum absolute atomic E-state index is 0.165. The molecule has 2 rings (SSSR count). The number of hydrogen-bond donors (Lipinski definition) is 1. The molecule has 0 atom stereocenters. The summed E-state index contributed by atoms with van der Waals surface area (Å²) in [7, 11) is 0. The average Bonchev–Trinajstić information content (AvgIpc) is 2.87. The van der Waals surface area contributed by atoms with Crippen LogP contribution >= 0.6 is 0 Å². The second-order valence-electron chi connectivity index (χ2n) is 5.53. The Morgan fingerprint density at radius 2 is 2.05 bits per heavy atom. The molecule has 19 heavy (non-hydrogen) atoms. The smallest absolute Gasteiger partial charge is 0.271 e. The number of hydrogen-bond acceptors (Lipinski definition) is 3. The van der Waals surface area contributed by atoms with Crippen molar-refractivity contribution < 1.29 is 4.92 Å². The zero-order valence-electron chi connectivity index (χ0n) is 11.5. The molecule has 104 valence electrons. The number of nitrogens with one attached hydrogen (secondary N) is 1. The van der Waals surface area contributed by atoms with Crippen LogP contribution in [-0.2, 0) is 0 Å². The Balaban J connectivity index is 1.80. The lowest BCUT2D eigenvalue weighted by Crippen LogP contribution is -2.04. The van der Waals surface area contributed by atoms with E-state index in [-0.39, 0.29) is 10.6 Å². The second kappa shape index (κ2) is 6.55. The van der Waals surface area contributed by atoms with Gasteiger partial charge in [0.1, 0.15) is 0 Å². The van der Waals surface area contributed by atoms with E-state index in [0.717, 1.165) is 30.1 Å². The molecule has 0 bridgehead atoms. The minimum Gasteiger partial charge on any atom is -0.385 e. The molecule has 1 aliphatic rings. The summed E-state index contributed by atoms with van der Waals surface area (Å²) >= 11 is 0. The van der Waals surface area contributed by atoms with Gasteiger partial charge in [0.2, 0.25) is 0 Å². The summed E-state index contributed by atoms with van der Waals surface area (Å²) in [5, 5.41) is 14.1. The first-order chi connectivity index (χ1) is 9.15. The molecule has 0 spiro atoms. The van der Waals surface area contributed by atoms with Crippen LogP contribution in [0.2, 0.25) is 0 Å². The summed E-state index contributed by atoms with van der Waals surface area (Å²) < 4.78 is 0. The maximum atomic E-state index is 10.8. The Morgan fingerprint density at radius 3 is 2.74 bits per heavy atom. The van der Waals surface area contributed by atoms with Gasteiger partial charge in [-0.3, -0.25) is 10.1 Å². The second-order valence-corrected chi connectivity index (χ2v) is 5.53. The average molecular weight is 262 g/mol. The molecule has 1 aromatic carbocycles. The summed E-state index contributed by atoms with van der Waals surface area (Å²) in [6.07, 6.45) is 7.98. The maximum Gasteiger partial charge on any atom is 0.271 e. The summed E-state index contributed by atoms with van der Waals surface area (Å²) in [6, 6.07) is 5.18. The molecule has 0 heterocycles. The van der Waals surface area contributed by atoms with Crippen molar-refractivity contribution in [1.82, 2.24) is 0 Å². The molecule has 0 saturated heterocycles. The standard InChI is InChI=1S/C15H22N2O2/c1-12-9-14(11-15(10-12)17(18)19)16-8-4-7-13-5-2-3-6-13/h9-11,13,16H,2-8H2,1H3. The fourth-order valence-electron chi connectivity index (χ4n) is 2.89. The Hall–Kier alpha value is -1.58. The van der Waals surface area contributed by atoms with Gasteiger partial charge in [-0.1, -0.05) is 25.7 Å². The van der Waals surface area contributed by atoms with Gasteiger partial charge in [-0.25, -0.2) is 0 Å². The molecule has 4 heteroatoms. The molecule has 1 aliphatic carbocycles. The lowest BCUT2D eigenvalue weighted by atomic mass is 10.0. The van der Waals surface area contributed by atoms with Crippen LogP contribution in [0.5, 0.6) is 0 Å². The molecule has 0 radical (unpaired) electrons. The van der Waals surface area contributed by atoms with E-state index in [9.17, 15) is 10.1 Å². The normalized spacial score (nSPS) is 15.6. The van der Waals surface area contributed by atoms with E-state index in [4.69, 9.17) is 0 Å². The fourth-order valence-corrected chi connectivity index (χ4v) is 2.89. The zero-order valence-corrected chi connectivity index (χ0v) is 11.5. The van der Waals surface area contributed by atoms with Crippen LogP contribution in [0, 0.1) is 23.0 Å². The minimum atomic E-state index is -0.337. The van der Waals surface area contributed by atoms with Crippen LogP contribution < -0.4 is 5.32 Å². The van der Waals surface area contributed by atoms with E-state index >= 15 is 0 Å². The Bertz CT molecular complexity index is 440. The monoisotopic (exact) mass is 262 g/mol. The van der Waals surface area contributed by atoms with Gasteiger partial charge < -0.3 is 5.32 Å². The first-order valence-electron chi connectivity index (χ1n) is 7.15. The lowest BCUT2D eigenvalue weighted by molar-refractivity contribution is -0.384. The third kappa shape index (κ3) is 4.23. The molecule has 0 aliphatic heterocycles. The van der Waals surface area contributed by atoms with Gasteiger partial charge in [0.15, 0.2) is 0 Å². The SMILES string of the molecule is Cc1cc(NCCCC2CCCC2)cc([N+](=O)[O-])c1. The molecule has 4 nitrogen and oxygen atoms in total. The predicted molar refractivity (Wildman–Crippen MR) is 77.5 cm³/mol. The van der Waals surface area contributed by atoms with Crippen LogP contribution in [0.1, 0.15) is 44.1 Å². The van der Waals surface area contributed by atoms with E-state index in [2.05, 4.69) is 5.32 Å². The highest BCUT2D eigenvalue weighted by molar-refractivity contribution is 5.53. The van der Waals surface area contributed by atoms with Crippen LogP contribution in [0.25, 0.3) is 0 Å². The quantitative estimate of drug-likeness (QED) is 0.473. The highest BCUT2D eigenvalue weighted by Crippen LogP contribution is 2.28. The van der Waals surface area contributed by atoms with Crippen molar-refractivity contribution in [3.05, 3.63) is 33.9 Å². The van der Waals surface area contributed by atoms with Gasteiger partial charge in [0.05, 0.1) is 4.92 Å². The Morgan fingerprint density at radius 1 is 1.32 bits per heavy atom. The van der Waals surface area contributed by atoms with E-state index < -0.39 is 0 Å². The van der Waals surface area contributed by atoms with Crippen molar-refractivity contribution >= 4 is 11.4 Å². The molecule has 0 aromatic heterocycles. The van der Waals surface area contributed by atoms with Gasteiger partial charge in [0, 0.05) is 24.4 Å². The van der Waals surface area contributed by atoms with Crippen LogP contribution in [0.15, 0.2) is 18.2 Å². The van der Waals surface area contributed by atoms with Gasteiger partial charge >= 0.3 is 0 Å². The number of rotatable bonds is 6. The molecular weight excluding hydrogens is 240 g/mol. The van der Waals surface area contributed by atoms with E-state index in [1.165, 1.54) is 32.1 Å². The van der Waals surface area contributed by atoms with Crippen LogP contribution in [0.3, 0.4) is 0 Å². The summed E-state index contributed by atoms with van der Waals surface area (Å²) in [5.41, 5.74) is 1.95. The first kappa shape index (κ1) is 13.8. The highest BCUT2D eigenvalue weighted by atomic mass is 16.6. The Kier molecular flexibility index (Phi) is 4.77. The topological polar surface area (TPSA) is 55.2 Å². The van der Waals surface area contributed by atoms with Crippen molar-refractivity contribution in [3.63, 3.8) is 0 Å². The van der Waals surface area contributed by atoms with Crippen LogP contribution in [0.4, 0.5) is 11.4 Å². The third-order valence-corrected chi connectivity index (χ3v) is 3.87. The molecule has 1 aromatic rings. The molecule has 0 amide bonds. The molecule has 0 unspecified atom stereocenters. The molecule has 1 saturated carbocycles. The molecular formula is C15H22N2O2. The third-order valence-electron chi connectivity index (χ3n) is 3.87. The van der Waals surface area contributed by atoms with Crippen molar-refractivity contribution in [2.24, 2.45) is 5.92 Å². The van der Waals surface area contributed by atoms with Gasteiger partial charge in [0.25, 0.3) is 5.69 Å². The van der Waals surface area contributed by atoms with E-state index in [1.807, 2.05) is 13.0 Å². The van der Waals surface area contributed by atoms with Crippen LogP contribution in [-0.4, -0.2) is 11.5 Å². The number of benzene rings is 1. The van der Waals surface area contributed by atoms with E-state index in [1.54, 1.807) is 12.1 Å². The molecule has 1 N–H and O–H groups in total. The maximum absolute atomic E-state index is 10.8. The predicted octanol–water partition coefficient (Wildman–Crippen LogP) is 4.29. The molecule has 1 fully saturated rings. The zero-order chi connectivity index (χ0) is 13.7. The number of non-ortho nitro benzene ring substituents is 1. The van der Waals surface area contributed by atoms with Gasteiger partial charge in [-0.2, -0.15) is 0 Å². The van der Waals surface area contributed by atoms with Crippen molar-refractivity contribution in [1.29, 1.82) is 0 Å². The number of nitrogens with zero attached hydrogens (tertiary/aromatic N) is 1. The van der Waals surface area contributed by atoms with E-state index in [0.29, 0.717) is 0 Å². The Labute approximate surface area is 114 Å². The number of nitro benzene ring substituents is 1. The highest BCUT2D eigenvalue weighted by Gasteiger charge is 2.14. The number of nitro groups is 1. The number of anilines is 1. The summed E-state index contributed by atoms with van der Waals surface area (Å²) in [4.78, 5) is 10.5. The fraction of sp³-hybridized carbons (Fsp3) is 0.600. The van der Waals surface area contributed by atoms with Gasteiger partial charge in [-0.15, -0.1) is 0 Å². The van der Waals surface area contributed by atoms with Crippen molar-refractivity contribution in [2.45, 2.75) is 45.4 Å². The number of aryl methyl sites for hydroxylation is 1. The summed E-state index contributed by atoms with van der Waals surface area (Å²) in [6.45, 7) is 2.79. The first-order valence-corrected chi connectivity index (χ1v) is 7.15. The summed E-state index contributed by atoms with van der Waals surface area (Å²) in [5.74, 6) is 0.911. The van der Waals surface area contributed by atoms with Crippen molar-refractivity contribution in [2.75, 3.05) is 11.9 Å². The van der Waals surface area contributed by atoms with Crippen molar-refractivity contribution in [3.8, 4) is 0 Å². The largest absolute Gasteiger partial charge is 0.385 e.